The molecule has 0 atom stereocenters. The van der Waals surface area contributed by atoms with E-state index in [1.807, 2.05) is 6.07 Å². The Labute approximate surface area is 84.4 Å². The number of hydrogen-bond donors (Lipinski definition) is 1. The van der Waals surface area contributed by atoms with Gasteiger partial charge in [0.2, 0.25) is 0 Å². The van der Waals surface area contributed by atoms with Crippen LogP contribution in [0.3, 0.4) is 0 Å². The molecule has 1 saturated heterocycles. The number of nitrogens with zero attached hydrogens (tertiary/aromatic N) is 3. The molecule has 1 aliphatic rings. The molecule has 0 spiro atoms. The molecular weight excluding hydrogens is 176 g/mol. The molecule has 1 aliphatic heterocycles. The fourth-order valence-electron chi connectivity index (χ4n) is 1.74. The van der Waals surface area contributed by atoms with E-state index in [0.29, 0.717) is 6.04 Å². The highest BCUT2D eigenvalue weighted by atomic mass is 15.1. The first-order valence-electron chi connectivity index (χ1n) is 5.06. The smallest absolute Gasteiger partial charge is 0.129 e. The highest BCUT2D eigenvalue weighted by Crippen LogP contribution is 2.12. The van der Waals surface area contributed by atoms with Gasteiger partial charge in [-0.3, -0.25) is 0 Å². The lowest BCUT2D eigenvalue weighted by atomic mass is 10.1. The van der Waals surface area contributed by atoms with Gasteiger partial charge in [0.25, 0.3) is 0 Å². The molecular formula is C10H16N4. The summed E-state index contributed by atoms with van der Waals surface area (Å²) in [6, 6.07) is 2.49. The minimum Gasteiger partial charge on any atom is -0.367 e. The molecule has 2 rings (SSSR count). The van der Waals surface area contributed by atoms with E-state index in [2.05, 4.69) is 27.2 Å². The third kappa shape index (κ3) is 2.42. The molecule has 1 fully saturated rings. The summed E-state index contributed by atoms with van der Waals surface area (Å²) in [6.45, 7) is 2.34. The van der Waals surface area contributed by atoms with E-state index < -0.39 is 0 Å². The number of nitrogens with one attached hydrogen (secondary N) is 1. The summed E-state index contributed by atoms with van der Waals surface area (Å²) in [7, 11) is 2.17. The van der Waals surface area contributed by atoms with Crippen LogP contribution in [-0.2, 0) is 0 Å². The monoisotopic (exact) mass is 192 g/mol. The maximum Gasteiger partial charge on any atom is 0.129 e. The Kier molecular flexibility index (Phi) is 2.93. The third-order valence-corrected chi connectivity index (χ3v) is 2.65. The first-order chi connectivity index (χ1) is 6.84. The van der Waals surface area contributed by atoms with Crippen LogP contribution in [0.4, 0.5) is 5.82 Å². The van der Waals surface area contributed by atoms with Crippen molar-refractivity contribution in [3.63, 3.8) is 0 Å². The zero-order chi connectivity index (χ0) is 9.80. The number of hydrogen-bond acceptors (Lipinski definition) is 4. The average Bonchev–Trinajstić information content (AvgIpc) is 2.23. The van der Waals surface area contributed by atoms with Crippen LogP contribution in [0.5, 0.6) is 0 Å². The van der Waals surface area contributed by atoms with Crippen LogP contribution in [0.2, 0.25) is 0 Å². The highest BCUT2D eigenvalue weighted by molar-refractivity contribution is 5.33. The molecule has 0 unspecified atom stereocenters. The van der Waals surface area contributed by atoms with Crippen molar-refractivity contribution < 1.29 is 0 Å². The van der Waals surface area contributed by atoms with Crippen LogP contribution in [-0.4, -0.2) is 41.0 Å². The number of rotatable bonds is 2. The number of anilines is 1. The van der Waals surface area contributed by atoms with Gasteiger partial charge in [-0.15, -0.1) is 0 Å². The van der Waals surface area contributed by atoms with Crippen molar-refractivity contribution in [2.45, 2.75) is 18.9 Å². The summed E-state index contributed by atoms with van der Waals surface area (Å²) < 4.78 is 0. The van der Waals surface area contributed by atoms with Gasteiger partial charge in [0.1, 0.15) is 12.1 Å². The largest absolute Gasteiger partial charge is 0.367 e. The van der Waals surface area contributed by atoms with E-state index in [9.17, 15) is 0 Å². The lowest BCUT2D eigenvalue weighted by Gasteiger charge is -2.29. The molecule has 0 radical (unpaired) electrons. The predicted octanol–water partition coefficient (Wildman–Crippen LogP) is 0.983. The average molecular weight is 192 g/mol. The van der Waals surface area contributed by atoms with Gasteiger partial charge in [-0.05, 0) is 39.0 Å². The summed E-state index contributed by atoms with van der Waals surface area (Å²) in [5.74, 6) is 0.939. The number of piperidine rings is 1. The maximum atomic E-state index is 4.16. The Bertz CT molecular complexity index is 267. The molecule has 1 aromatic rings. The number of likely N-dealkylation sites (tertiary alicyclic amines) is 1. The zero-order valence-electron chi connectivity index (χ0n) is 8.48. The quantitative estimate of drug-likeness (QED) is 0.758. The molecule has 1 N–H and O–H groups in total. The van der Waals surface area contributed by atoms with Crippen LogP contribution in [0.1, 0.15) is 12.8 Å². The zero-order valence-corrected chi connectivity index (χ0v) is 8.48. The Hall–Kier alpha value is -1.16. The van der Waals surface area contributed by atoms with Crippen LogP contribution in [0.25, 0.3) is 0 Å². The van der Waals surface area contributed by atoms with E-state index in [0.717, 1.165) is 5.82 Å². The van der Waals surface area contributed by atoms with Crippen molar-refractivity contribution in [3.05, 3.63) is 18.6 Å². The molecule has 4 heteroatoms. The van der Waals surface area contributed by atoms with E-state index in [4.69, 9.17) is 0 Å². The standard InChI is InChI=1S/C10H16N4/c1-14-6-3-9(4-7-14)13-10-2-5-11-8-12-10/h2,5,8-9H,3-4,6-7H2,1H3,(H,11,12,13). The normalized spacial score (nSPS) is 19.5. The minimum absolute atomic E-state index is 0.570. The molecule has 76 valence electrons. The highest BCUT2D eigenvalue weighted by Gasteiger charge is 2.16. The van der Waals surface area contributed by atoms with Gasteiger partial charge in [0.15, 0.2) is 0 Å². The summed E-state index contributed by atoms with van der Waals surface area (Å²) in [4.78, 5) is 10.4. The predicted molar refractivity (Wildman–Crippen MR) is 56.2 cm³/mol. The van der Waals surface area contributed by atoms with Crippen molar-refractivity contribution in [3.8, 4) is 0 Å². The molecule has 14 heavy (non-hydrogen) atoms. The van der Waals surface area contributed by atoms with Gasteiger partial charge in [0.05, 0.1) is 0 Å². The lowest BCUT2D eigenvalue weighted by molar-refractivity contribution is 0.263. The van der Waals surface area contributed by atoms with Crippen molar-refractivity contribution >= 4 is 5.82 Å². The second-order valence-corrected chi connectivity index (χ2v) is 3.82. The summed E-state index contributed by atoms with van der Waals surface area (Å²) in [5, 5.41) is 3.42. The van der Waals surface area contributed by atoms with Gasteiger partial charge in [-0.25, -0.2) is 9.97 Å². The van der Waals surface area contributed by atoms with Crippen molar-refractivity contribution in [2.24, 2.45) is 0 Å². The lowest BCUT2D eigenvalue weighted by Crippen LogP contribution is -2.36. The van der Waals surface area contributed by atoms with E-state index in [1.54, 1.807) is 12.5 Å². The van der Waals surface area contributed by atoms with Crippen LogP contribution in [0, 0.1) is 0 Å². The Morgan fingerprint density at radius 3 is 2.86 bits per heavy atom. The SMILES string of the molecule is CN1CCC(Nc2ccncn2)CC1. The molecule has 0 aliphatic carbocycles. The van der Waals surface area contributed by atoms with Crippen molar-refractivity contribution in [2.75, 3.05) is 25.5 Å². The summed E-state index contributed by atoms with van der Waals surface area (Å²) in [6.07, 6.45) is 5.74. The van der Waals surface area contributed by atoms with Crippen molar-refractivity contribution in [1.29, 1.82) is 0 Å². The maximum absolute atomic E-state index is 4.16. The molecule has 1 aromatic heterocycles. The van der Waals surface area contributed by atoms with Crippen LogP contribution in [0.15, 0.2) is 18.6 Å². The van der Waals surface area contributed by atoms with Gasteiger partial charge in [-0.1, -0.05) is 0 Å². The van der Waals surface area contributed by atoms with Gasteiger partial charge in [0, 0.05) is 12.2 Å². The molecule has 0 saturated carbocycles. The molecule has 0 amide bonds. The van der Waals surface area contributed by atoms with E-state index in [-0.39, 0.29) is 0 Å². The van der Waals surface area contributed by atoms with Crippen LogP contribution < -0.4 is 5.32 Å². The van der Waals surface area contributed by atoms with E-state index in [1.165, 1.54) is 25.9 Å². The first-order valence-corrected chi connectivity index (χ1v) is 5.06. The third-order valence-electron chi connectivity index (χ3n) is 2.65. The fraction of sp³-hybridized carbons (Fsp3) is 0.600. The second-order valence-electron chi connectivity index (χ2n) is 3.82. The topological polar surface area (TPSA) is 41.0 Å². The Balaban J connectivity index is 1.87. The fourth-order valence-corrected chi connectivity index (χ4v) is 1.74. The summed E-state index contributed by atoms with van der Waals surface area (Å²) >= 11 is 0. The minimum atomic E-state index is 0.570. The second kappa shape index (κ2) is 4.37. The van der Waals surface area contributed by atoms with Crippen LogP contribution >= 0.6 is 0 Å². The van der Waals surface area contributed by atoms with Crippen molar-refractivity contribution in [1.82, 2.24) is 14.9 Å². The number of aromatic nitrogens is 2. The van der Waals surface area contributed by atoms with Gasteiger partial charge in [-0.2, -0.15) is 0 Å². The Morgan fingerprint density at radius 1 is 1.43 bits per heavy atom. The van der Waals surface area contributed by atoms with Gasteiger partial charge >= 0.3 is 0 Å². The molecule has 2 heterocycles. The Morgan fingerprint density at radius 2 is 2.21 bits per heavy atom. The van der Waals surface area contributed by atoms with Gasteiger partial charge < -0.3 is 10.2 Å². The molecule has 0 bridgehead atoms. The summed E-state index contributed by atoms with van der Waals surface area (Å²) in [5.41, 5.74) is 0. The molecule has 0 aromatic carbocycles. The first kappa shape index (κ1) is 9.40. The van der Waals surface area contributed by atoms with E-state index >= 15 is 0 Å². The molecule has 4 nitrogen and oxygen atoms in total.